The molecule has 0 radical (unpaired) electrons. The van der Waals surface area contributed by atoms with Gasteiger partial charge in [0, 0.05) is 35.6 Å². The number of halogens is 2. The molecule has 1 N–H and O–H groups in total. The molecule has 160 valence electrons. The van der Waals surface area contributed by atoms with Gasteiger partial charge in [-0.15, -0.1) is 0 Å². The maximum absolute atomic E-state index is 14.2. The van der Waals surface area contributed by atoms with Crippen LogP contribution in [0.25, 0.3) is 11.4 Å². The quantitative estimate of drug-likeness (QED) is 0.471. The van der Waals surface area contributed by atoms with Crippen LogP contribution >= 0.6 is 0 Å². The van der Waals surface area contributed by atoms with E-state index in [0.29, 0.717) is 6.54 Å². The number of aromatic nitrogens is 4. The van der Waals surface area contributed by atoms with Crippen LogP contribution in [0, 0.1) is 32.4 Å². The molecule has 4 aromatic rings. The van der Waals surface area contributed by atoms with Crippen molar-refractivity contribution in [2.75, 3.05) is 0 Å². The summed E-state index contributed by atoms with van der Waals surface area (Å²) >= 11 is 0. The number of benzene rings is 2. The summed E-state index contributed by atoms with van der Waals surface area (Å²) in [5, 5.41) is 12.4. The van der Waals surface area contributed by atoms with Gasteiger partial charge in [0.2, 0.25) is 0 Å². The lowest BCUT2D eigenvalue weighted by Gasteiger charge is -2.15. The summed E-state index contributed by atoms with van der Waals surface area (Å²) in [4.78, 5) is 0. The Kier molecular flexibility index (Phi) is 5.69. The average Bonchev–Trinajstić information content (AvgIpc) is 3.28. The zero-order valence-electron chi connectivity index (χ0n) is 18.0. The normalized spacial score (nSPS) is 12.3. The summed E-state index contributed by atoms with van der Waals surface area (Å²) in [6, 6.07) is 13.8. The molecule has 0 unspecified atom stereocenters. The van der Waals surface area contributed by atoms with E-state index < -0.39 is 11.6 Å². The number of hydrogen-bond donors (Lipinski definition) is 1. The van der Waals surface area contributed by atoms with Crippen molar-refractivity contribution >= 4 is 0 Å². The second-order valence-electron chi connectivity index (χ2n) is 7.80. The van der Waals surface area contributed by atoms with Crippen molar-refractivity contribution in [2.45, 2.75) is 40.3 Å². The van der Waals surface area contributed by atoms with Gasteiger partial charge in [-0.05, 0) is 63.6 Å². The number of hydrogen-bond acceptors (Lipinski definition) is 3. The van der Waals surface area contributed by atoms with E-state index in [1.807, 2.05) is 44.5 Å². The minimum absolute atomic E-state index is 0.00500. The molecule has 4 rings (SSSR count). The molecule has 1 atom stereocenters. The summed E-state index contributed by atoms with van der Waals surface area (Å²) < 4.78 is 30.9. The Morgan fingerprint density at radius 3 is 2.52 bits per heavy atom. The van der Waals surface area contributed by atoms with E-state index in [9.17, 15) is 8.78 Å². The minimum Gasteiger partial charge on any atom is -0.306 e. The fourth-order valence-electron chi connectivity index (χ4n) is 3.81. The predicted octanol–water partition coefficient (Wildman–Crippen LogP) is 5.11. The third-order valence-corrected chi connectivity index (χ3v) is 5.43. The minimum atomic E-state index is -0.640. The van der Waals surface area contributed by atoms with Crippen LogP contribution in [0.2, 0.25) is 0 Å². The van der Waals surface area contributed by atoms with Crippen LogP contribution < -0.4 is 5.32 Å². The Bertz CT molecular complexity index is 1220. The highest BCUT2D eigenvalue weighted by atomic mass is 19.1. The summed E-state index contributed by atoms with van der Waals surface area (Å²) in [5.41, 5.74) is 6.22. The lowest BCUT2D eigenvalue weighted by molar-refractivity contribution is 0.566. The van der Waals surface area contributed by atoms with Crippen LogP contribution in [0.3, 0.4) is 0 Å². The van der Waals surface area contributed by atoms with Gasteiger partial charge in [0.1, 0.15) is 11.5 Å². The lowest BCUT2D eigenvalue weighted by atomic mass is 10.1. The van der Waals surface area contributed by atoms with E-state index in [-0.39, 0.29) is 11.7 Å². The third kappa shape index (κ3) is 4.27. The molecule has 7 heteroatoms. The van der Waals surface area contributed by atoms with Gasteiger partial charge < -0.3 is 5.32 Å². The average molecular weight is 421 g/mol. The molecule has 0 bridgehead atoms. The molecule has 0 amide bonds. The molecule has 0 aliphatic heterocycles. The Morgan fingerprint density at radius 2 is 1.81 bits per heavy atom. The van der Waals surface area contributed by atoms with Gasteiger partial charge in [0.05, 0.1) is 17.6 Å². The predicted molar refractivity (Wildman–Crippen MR) is 117 cm³/mol. The molecular formula is C24H25F2N5. The second-order valence-corrected chi connectivity index (χ2v) is 7.80. The van der Waals surface area contributed by atoms with Crippen molar-refractivity contribution < 1.29 is 8.78 Å². The largest absolute Gasteiger partial charge is 0.306 e. The van der Waals surface area contributed by atoms with Crippen molar-refractivity contribution in [3.05, 3.63) is 94.6 Å². The van der Waals surface area contributed by atoms with Crippen LogP contribution in [0.4, 0.5) is 8.78 Å². The molecule has 5 nitrogen and oxygen atoms in total. The Hall–Kier alpha value is -3.32. The van der Waals surface area contributed by atoms with Crippen molar-refractivity contribution in [3.8, 4) is 11.4 Å². The van der Waals surface area contributed by atoms with Crippen molar-refractivity contribution in [2.24, 2.45) is 0 Å². The lowest BCUT2D eigenvalue weighted by Crippen LogP contribution is -2.19. The number of rotatable bonds is 6. The third-order valence-electron chi connectivity index (χ3n) is 5.43. The molecule has 0 aliphatic carbocycles. The maximum atomic E-state index is 14.2. The fourth-order valence-corrected chi connectivity index (χ4v) is 3.81. The van der Waals surface area contributed by atoms with Crippen LogP contribution in [-0.4, -0.2) is 19.6 Å². The molecule has 0 aliphatic rings. The molecule has 0 saturated carbocycles. The molecular weight excluding hydrogens is 396 g/mol. The Morgan fingerprint density at radius 1 is 1.00 bits per heavy atom. The van der Waals surface area contributed by atoms with Crippen molar-refractivity contribution in [3.63, 3.8) is 0 Å². The summed E-state index contributed by atoms with van der Waals surface area (Å²) in [6.07, 6.45) is 1.72. The zero-order valence-corrected chi connectivity index (χ0v) is 18.0. The number of nitrogens with one attached hydrogen (secondary N) is 1. The number of aryl methyl sites for hydroxylation is 2. The topological polar surface area (TPSA) is 47.7 Å². The first-order valence-corrected chi connectivity index (χ1v) is 10.2. The van der Waals surface area contributed by atoms with Gasteiger partial charge in [0.15, 0.2) is 5.82 Å². The van der Waals surface area contributed by atoms with Gasteiger partial charge in [-0.1, -0.05) is 12.1 Å². The maximum Gasteiger partial charge on any atom is 0.151 e. The molecule has 2 aromatic carbocycles. The van der Waals surface area contributed by atoms with Crippen LogP contribution in [-0.2, 0) is 6.54 Å². The molecule has 0 saturated heterocycles. The van der Waals surface area contributed by atoms with Crippen molar-refractivity contribution in [1.29, 1.82) is 0 Å². The van der Waals surface area contributed by atoms with E-state index >= 15 is 0 Å². The van der Waals surface area contributed by atoms with Crippen LogP contribution in [0.1, 0.15) is 41.2 Å². The standard InChI is InChI=1S/C24H25F2N5/c1-15-10-16(2)30(29-15)21-7-5-6-19(11-21)13-27-17(3)22-14-28-31(18(22)4)24-9-8-20(25)12-23(24)26/h5-12,14,17,27H,13H2,1-4H3/t17-/m0/s1. The molecule has 2 aromatic heterocycles. The van der Waals surface area contributed by atoms with Gasteiger partial charge in [0.25, 0.3) is 0 Å². The number of nitrogens with zero attached hydrogens (tertiary/aromatic N) is 4. The summed E-state index contributed by atoms with van der Waals surface area (Å²) in [6.45, 7) is 8.60. The van der Waals surface area contributed by atoms with E-state index in [2.05, 4.69) is 33.7 Å². The summed E-state index contributed by atoms with van der Waals surface area (Å²) in [7, 11) is 0. The van der Waals surface area contributed by atoms with Gasteiger partial charge in [-0.2, -0.15) is 10.2 Å². The van der Waals surface area contributed by atoms with E-state index in [4.69, 9.17) is 0 Å². The first kappa shape index (κ1) is 20.9. The highest BCUT2D eigenvalue weighted by Gasteiger charge is 2.16. The molecule has 0 spiro atoms. The summed E-state index contributed by atoms with van der Waals surface area (Å²) in [5.74, 6) is -1.25. The smallest absolute Gasteiger partial charge is 0.151 e. The second kappa shape index (κ2) is 8.43. The zero-order chi connectivity index (χ0) is 22.1. The van der Waals surface area contributed by atoms with E-state index in [1.54, 1.807) is 6.20 Å². The highest BCUT2D eigenvalue weighted by Crippen LogP contribution is 2.23. The highest BCUT2D eigenvalue weighted by molar-refractivity contribution is 5.38. The SMILES string of the molecule is Cc1cc(C)n(-c2cccc(CN[C@@H](C)c3cnn(-c4ccc(F)cc4F)c3C)c2)n1. The molecule has 0 fully saturated rings. The first-order valence-electron chi connectivity index (χ1n) is 10.2. The monoisotopic (exact) mass is 421 g/mol. The molecule has 2 heterocycles. The fraction of sp³-hybridized carbons (Fsp3) is 0.250. The van der Waals surface area contributed by atoms with Crippen LogP contribution in [0.5, 0.6) is 0 Å². The Balaban J connectivity index is 1.50. The van der Waals surface area contributed by atoms with E-state index in [0.717, 1.165) is 40.0 Å². The Labute approximate surface area is 180 Å². The van der Waals surface area contributed by atoms with Gasteiger partial charge >= 0.3 is 0 Å². The van der Waals surface area contributed by atoms with Gasteiger partial charge in [-0.25, -0.2) is 18.1 Å². The van der Waals surface area contributed by atoms with Crippen molar-refractivity contribution in [1.82, 2.24) is 24.9 Å². The van der Waals surface area contributed by atoms with E-state index in [1.165, 1.54) is 16.8 Å². The van der Waals surface area contributed by atoms with Gasteiger partial charge in [-0.3, -0.25) is 0 Å². The van der Waals surface area contributed by atoms with Crippen LogP contribution in [0.15, 0.2) is 54.7 Å². The molecule has 31 heavy (non-hydrogen) atoms. The first-order chi connectivity index (χ1) is 14.8.